The Morgan fingerprint density at radius 1 is 1.21 bits per heavy atom. The maximum Gasteiger partial charge on any atom is 0.242 e. The molecule has 8 heteroatoms. The summed E-state index contributed by atoms with van der Waals surface area (Å²) in [7, 11) is 0.823. The fourth-order valence-corrected chi connectivity index (χ4v) is 3.21. The summed E-state index contributed by atoms with van der Waals surface area (Å²) in [5.41, 5.74) is 0.840. The zero-order chi connectivity index (χ0) is 17.9. The highest BCUT2D eigenvalue weighted by Crippen LogP contribution is 2.31. The minimum absolute atomic E-state index is 0.0676. The molecule has 0 saturated carbocycles. The zero-order valence-electron chi connectivity index (χ0n) is 13.4. The standard InChI is InChI=1S/C16H17BrN2O4S/c1-19(2)24(21,22)13-5-7-16(23-3)14(9-13)18-10-11-8-12(17)4-6-15(11)20/h4-10,20H,1-3H3. The molecule has 2 rings (SSSR count). The number of halogens is 1. The van der Waals surface area contributed by atoms with Gasteiger partial charge in [-0.25, -0.2) is 12.7 Å². The fourth-order valence-electron chi connectivity index (χ4n) is 1.91. The predicted octanol–water partition coefficient (Wildman–Crippen LogP) is 3.16. The number of benzene rings is 2. The maximum absolute atomic E-state index is 12.2. The van der Waals surface area contributed by atoms with Crippen LogP contribution in [0.3, 0.4) is 0 Å². The molecule has 2 aromatic rings. The molecule has 128 valence electrons. The molecule has 0 aliphatic carbocycles. The number of aromatic hydroxyl groups is 1. The summed E-state index contributed by atoms with van der Waals surface area (Å²) < 4.78 is 31.6. The Morgan fingerprint density at radius 2 is 1.92 bits per heavy atom. The van der Waals surface area contributed by atoms with Crippen molar-refractivity contribution < 1.29 is 18.3 Å². The molecule has 0 saturated heterocycles. The van der Waals surface area contributed by atoms with Gasteiger partial charge in [-0.15, -0.1) is 0 Å². The van der Waals surface area contributed by atoms with E-state index in [0.29, 0.717) is 17.0 Å². The van der Waals surface area contributed by atoms with Gasteiger partial charge in [-0.3, -0.25) is 4.99 Å². The molecule has 0 aliphatic heterocycles. The molecule has 0 atom stereocenters. The van der Waals surface area contributed by atoms with Crippen LogP contribution in [0.1, 0.15) is 5.56 Å². The van der Waals surface area contributed by atoms with Gasteiger partial charge in [0.1, 0.15) is 17.2 Å². The number of aliphatic imine (C=N–C) groups is 1. The van der Waals surface area contributed by atoms with Gasteiger partial charge in [0, 0.05) is 30.3 Å². The van der Waals surface area contributed by atoms with E-state index in [4.69, 9.17) is 4.74 Å². The first-order chi connectivity index (χ1) is 11.3. The molecule has 0 spiro atoms. The lowest BCUT2D eigenvalue weighted by Crippen LogP contribution is -2.22. The van der Waals surface area contributed by atoms with E-state index in [9.17, 15) is 13.5 Å². The lowest BCUT2D eigenvalue weighted by molar-refractivity contribution is 0.416. The normalized spacial score (nSPS) is 12.0. The van der Waals surface area contributed by atoms with Gasteiger partial charge in [-0.05, 0) is 36.4 Å². The van der Waals surface area contributed by atoms with Crippen LogP contribution in [0, 0.1) is 0 Å². The van der Waals surface area contributed by atoms with E-state index in [-0.39, 0.29) is 10.6 Å². The Bertz CT molecular complexity index is 880. The van der Waals surface area contributed by atoms with Crippen LogP contribution in [0.5, 0.6) is 11.5 Å². The Morgan fingerprint density at radius 3 is 2.54 bits per heavy atom. The highest BCUT2D eigenvalue weighted by molar-refractivity contribution is 9.10. The third-order valence-electron chi connectivity index (χ3n) is 3.26. The molecule has 24 heavy (non-hydrogen) atoms. The Balaban J connectivity index is 2.49. The molecule has 0 fully saturated rings. The molecule has 2 aromatic carbocycles. The van der Waals surface area contributed by atoms with Crippen molar-refractivity contribution in [1.82, 2.24) is 4.31 Å². The first-order valence-electron chi connectivity index (χ1n) is 6.89. The van der Waals surface area contributed by atoms with Crippen LogP contribution in [0.2, 0.25) is 0 Å². The average molecular weight is 413 g/mol. The monoisotopic (exact) mass is 412 g/mol. The Labute approximate surface area is 149 Å². The van der Waals surface area contributed by atoms with E-state index in [1.165, 1.54) is 45.6 Å². The molecular formula is C16H17BrN2O4S. The first kappa shape index (κ1) is 18.4. The number of rotatable bonds is 5. The SMILES string of the molecule is COc1ccc(S(=O)(=O)N(C)C)cc1N=Cc1cc(Br)ccc1O. The largest absolute Gasteiger partial charge is 0.507 e. The second-order valence-electron chi connectivity index (χ2n) is 5.08. The summed E-state index contributed by atoms with van der Waals surface area (Å²) >= 11 is 3.32. The molecule has 0 amide bonds. The highest BCUT2D eigenvalue weighted by Gasteiger charge is 2.18. The summed E-state index contributed by atoms with van der Waals surface area (Å²) in [5.74, 6) is 0.497. The number of sulfonamides is 1. The fraction of sp³-hybridized carbons (Fsp3) is 0.188. The van der Waals surface area contributed by atoms with Crippen molar-refractivity contribution in [3.8, 4) is 11.5 Å². The predicted molar refractivity (Wildman–Crippen MR) is 96.9 cm³/mol. The third-order valence-corrected chi connectivity index (χ3v) is 5.57. The van der Waals surface area contributed by atoms with Crippen LogP contribution < -0.4 is 4.74 Å². The van der Waals surface area contributed by atoms with E-state index in [0.717, 1.165) is 8.78 Å². The molecule has 0 bridgehead atoms. The Kier molecular flexibility index (Phi) is 5.63. The van der Waals surface area contributed by atoms with Gasteiger partial charge in [-0.1, -0.05) is 15.9 Å². The zero-order valence-corrected chi connectivity index (χ0v) is 15.8. The van der Waals surface area contributed by atoms with Crippen molar-refractivity contribution in [2.75, 3.05) is 21.2 Å². The van der Waals surface area contributed by atoms with Crippen molar-refractivity contribution in [3.63, 3.8) is 0 Å². The van der Waals surface area contributed by atoms with Crippen molar-refractivity contribution in [1.29, 1.82) is 0 Å². The van der Waals surface area contributed by atoms with Crippen molar-refractivity contribution in [2.24, 2.45) is 4.99 Å². The van der Waals surface area contributed by atoms with E-state index >= 15 is 0 Å². The molecule has 1 N–H and O–H groups in total. The van der Waals surface area contributed by atoms with E-state index in [2.05, 4.69) is 20.9 Å². The second kappa shape index (κ2) is 7.33. The van der Waals surface area contributed by atoms with Crippen molar-refractivity contribution >= 4 is 37.9 Å². The summed E-state index contributed by atoms with van der Waals surface area (Å²) in [4.78, 5) is 4.38. The van der Waals surface area contributed by atoms with Crippen LogP contribution in [0.25, 0.3) is 0 Å². The van der Waals surface area contributed by atoms with Crippen LogP contribution in [-0.4, -0.2) is 45.2 Å². The summed E-state index contributed by atoms with van der Waals surface area (Å²) in [6.07, 6.45) is 1.45. The van der Waals surface area contributed by atoms with E-state index in [1.807, 2.05) is 0 Å². The highest BCUT2D eigenvalue weighted by atomic mass is 79.9. The van der Waals surface area contributed by atoms with Crippen LogP contribution in [-0.2, 0) is 10.0 Å². The molecule has 0 unspecified atom stereocenters. The van der Waals surface area contributed by atoms with E-state index < -0.39 is 10.0 Å². The molecular weight excluding hydrogens is 396 g/mol. The molecule has 6 nitrogen and oxygen atoms in total. The van der Waals surface area contributed by atoms with Gasteiger partial charge in [-0.2, -0.15) is 0 Å². The summed E-state index contributed by atoms with van der Waals surface area (Å²) in [5, 5.41) is 9.85. The van der Waals surface area contributed by atoms with Gasteiger partial charge in [0.15, 0.2) is 0 Å². The van der Waals surface area contributed by atoms with Gasteiger partial charge in [0.05, 0.1) is 12.0 Å². The van der Waals surface area contributed by atoms with Crippen LogP contribution in [0.15, 0.2) is 50.8 Å². The smallest absolute Gasteiger partial charge is 0.242 e. The average Bonchev–Trinajstić information content (AvgIpc) is 2.55. The van der Waals surface area contributed by atoms with Gasteiger partial charge < -0.3 is 9.84 Å². The summed E-state index contributed by atoms with van der Waals surface area (Å²) in [6.45, 7) is 0. The molecule has 0 aromatic heterocycles. The molecule has 0 radical (unpaired) electrons. The number of hydrogen-bond donors (Lipinski definition) is 1. The quantitative estimate of drug-likeness (QED) is 0.764. The second-order valence-corrected chi connectivity index (χ2v) is 8.15. The van der Waals surface area contributed by atoms with Gasteiger partial charge in [0.2, 0.25) is 10.0 Å². The summed E-state index contributed by atoms with van der Waals surface area (Å²) in [6, 6.07) is 9.38. The minimum atomic E-state index is -3.58. The maximum atomic E-state index is 12.2. The number of hydrogen-bond acceptors (Lipinski definition) is 5. The Hall–Kier alpha value is -1.90. The van der Waals surface area contributed by atoms with Gasteiger partial charge >= 0.3 is 0 Å². The van der Waals surface area contributed by atoms with E-state index in [1.54, 1.807) is 18.2 Å². The van der Waals surface area contributed by atoms with Crippen LogP contribution in [0.4, 0.5) is 5.69 Å². The topological polar surface area (TPSA) is 79.2 Å². The van der Waals surface area contributed by atoms with Gasteiger partial charge in [0.25, 0.3) is 0 Å². The number of phenolic OH excluding ortho intramolecular Hbond substituents is 1. The molecule has 0 heterocycles. The van der Waals surface area contributed by atoms with Crippen LogP contribution >= 0.6 is 15.9 Å². The third kappa shape index (κ3) is 3.95. The molecule has 0 aliphatic rings. The minimum Gasteiger partial charge on any atom is -0.507 e. The van der Waals surface area contributed by atoms with Crippen molar-refractivity contribution in [3.05, 3.63) is 46.4 Å². The number of methoxy groups -OCH3 is 1. The number of ether oxygens (including phenoxy) is 1. The lowest BCUT2D eigenvalue weighted by Gasteiger charge is -2.13. The number of nitrogens with zero attached hydrogens (tertiary/aromatic N) is 2. The first-order valence-corrected chi connectivity index (χ1v) is 9.12. The van der Waals surface area contributed by atoms with Crippen molar-refractivity contribution in [2.45, 2.75) is 4.90 Å². The lowest BCUT2D eigenvalue weighted by atomic mass is 10.2. The number of phenols is 1.